The van der Waals surface area contributed by atoms with Gasteiger partial charge in [-0.1, -0.05) is 0 Å². The molecule has 6 atom stereocenters. The number of benzene rings is 6. The molecule has 0 saturated carbocycles. The SMILES string of the molecule is CC(=O)C(CO)c1c(I)c([N-]CC(O)CO)c(I)c([N-]CC(O)C[N-]c2c(I)c(CO)c(I)c([N-]CC(O)CO)c2I)c1I.CC(=O)N(c1c(I)c(NC(=O)N(CCO)c2c(I)c(C(O)CO)c(I)c(N(C(C)=O)C(CO)CO)c2I)c(I)c(C(O)CO)c1I)C(CO)CO.O=C(CO)N(CCO)c1c(I)c(CO)c(I)c(C(=O)N(CCO)c2c(I)c(CO)c(I)c(N(CCO)C(=O)CO)c2I)c1I.[Ac].[Ac].[Ac].[Ac]. The summed E-state index contributed by atoms with van der Waals surface area (Å²) in [6, 6.07) is -3.09. The predicted octanol–water partition coefficient (Wildman–Crippen LogP) is 8.64. The van der Waals surface area contributed by atoms with E-state index in [0.29, 0.717) is 91.4 Å². The van der Waals surface area contributed by atoms with Gasteiger partial charge in [-0.25, -0.2) is 4.79 Å². The van der Waals surface area contributed by atoms with Gasteiger partial charge in [0.05, 0.1) is 202 Å². The van der Waals surface area contributed by atoms with Crippen molar-refractivity contribution in [1.29, 1.82) is 0 Å². The Morgan fingerprint density at radius 1 is 0.301 bits per heavy atom. The van der Waals surface area contributed by atoms with E-state index < -0.39 is 196 Å². The second-order valence-corrected chi connectivity index (χ2v) is 48.0. The monoisotopic (exact) mass is 4880 g/mol. The molecule has 41 nitrogen and oxygen atoms in total. The summed E-state index contributed by atoms with van der Waals surface area (Å²) in [6.07, 6.45) is -6.08. The second-order valence-electron chi connectivity index (χ2n) is 28.6. The molecule has 0 aliphatic rings. The molecule has 0 spiro atoms. The van der Waals surface area contributed by atoms with E-state index >= 15 is 0 Å². The number of amides is 7. The molecule has 0 bridgehead atoms. The summed E-state index contributed by atoms with van der Waals surface area (Å²) >= 11 is 35.3. The molecule has 6 aromatic rings. The van der Waals surface area contributed by atoms with Crippen LogP contribution in [0.4, 0.5) is 67.4 Å². The largest absolute Gasteiger partial charge is 0.681 e. The standard InChI is InChI=1S/C29H36I6N4O12.C26H30I6N4O8.C25H27I6N3O10.4Ac/c1-11(47)38(13(5-41)6-42)27-21(32)17(15(49)9-45)19(30)25(23(27)34)36-29(51)37(3-4-40)26-20(31)18(16(50)10-46)22(33)28(24(26)35)39(12(2)48)14(7-43)8-44;1-10(41)14(8-39)16-19(29)25(22(32)26(20(16)30)36-5-13(44)7-38)34-3-11(42)2-33-23-17(27)15(9-40)18(28)24(21(23)31)35-4-12(43)6-37;26-16-11(7-38)17(27)22(32(1-4-35)13(42)9-40)20(30)15(16)25(44)34(3-6-37)24-19(29)12(8-39)18(28)23(21(24)31)33(2-5-36)14(43)10-41;;;;/h13-16,40-46,49-50H,3-10H2,1-2H3,(H,36,51);11-14,37-40,42-44H,2-9H2,1H3;35-41H,1-10H2;;;;/q;-4;;;;;. The molecular formula is C80H93Ac4I18N11O30-4. The molecule has 6 aromatic carbocycles. The third-order valence-corrected chi connectivity index (χ3v) is 39.5. The smallest absolute Gasteiger partial charge is 0.326 e. The van der Waals surface area contributed by atoms with Gasteiger partial charge in [-0.15, -0.1) is 48.9 Å². The molecule has 0 fully saturated rings. The van der Waals surface area contributed by atoms with E-state index in [9.17, 15) is 146 Å². The van der Waals surface area contributed by atoms with E-state index in [4.69, 9.17) is 5.11 Å². The van der Waals surface area contributed by atoms with E-state index in [1.807, 2.05) is 271 Å². The number of nitrogens with zero attached hydrogens (tertiary/aromatic N) is 10. The first-order valence-electron chi connectivity index (χ1n) is 39.9. The quantitative estimate of drug-likeness (QED) is 0.0159. The van der Waals surface area contributed by atoms with E-state index in [-0.39, 0.29) is 315 Å². The number of hydrogen-bond donors (Lipinski definition) is 24. The fourth-order valence-electron chi connectivity index (χ4n) is 13.0. The van der Waals surface area contributed by atoms with Gasteiger partial charge in [0.2, 0.25) is 11.8 Å². The van der Waals surface area contributed by atoms with Crippen molar-refractivity contribution < 1.29 is 327 Å². The first kappa shape index (κ1) is 152. The zero-order valence-electron chi connectivity index (χ0n) is 74.7. The van der Waals surface area contributed by atoms with Crippen LogP contribution in [0.3, 0.4) is 0 Å². The summed E-state index contributed by atoms with van der Waals surface area (Å²) < 4.78 is 7.95. The number of Topliss-reactive ketones (excluding diaryl/α,β-unsaturated/α-hetero) is 1. The van der Waals surface area contributed by atoms with Crippen LogP contribution >= 0.6 is 407 Å². The molecule has 24 N–H and O–H groups in total. The number of nitrogens with one attached hydrogen (secondary N) is 1. The Labute approximate surface area is 1210 Å². The van der Waals surface area contributed by atoms with E-state index in [0.717, 1.165) is 24.5 Å². The number of anilines is 7. The zero-order valence-corrected chi connectivity index (χ0v) is 133. The number of rotatable bonds is 48. The van der Waals surface area contributed by atoms with Crippen molar-refractivity contribution in [3.05, 3.63) is 124 Å². The van der Waals surface area contributed by atoms with Crippen LogP contribution in [0, 0.1) is 241 Å². The molecule has 143 heavy (non-hydrogen) atoms. The Hall–Kier alpha value is 8.80. The Morgan fingerprint density at radius 2 is 0.601 bits per heavy atom. The van der Waals surface area contributed by atoms with Crippen LogP contribution in [-0.2, 0) is 43.8 Å². The van der Waals surface area contributed by atoms with Crippen molar-refractivity contribution in [2.45, 2.75) is 89.1 Å². The number of carbonyl (C=O) groups excluding carboxylic acids is 7. The van der Waals surface area contributed by atoms with Gasteiger partial charge < -0.3 is 169 Å². The minimum Gasteiger partial charge on any atom is -0.681 e. The first-order valence-corrected chi connectivity index (χ1v) is 59.3. The normalized spacial score (nSPS) is 12.3. The van der Waals surface area contributed by atoms with Crippen LogP contribution in [-0.4, -0.2) is 341 Å². The molecule has 0 saturated heterocycles. The molecule has 6 unspecified atom stereocenters. The first-order chi connectivity index (χ1) is 65.5. The van der Waals surface area contributed by atoms with Crippen molar-refractivity contribution in [2.24, 2.45) is 0 Å². The van der Waals surface area contributed by atoms with Crippen molar-refractivity contribution in [3.8, 4) is 0 Å². The summed E-state index contributed by atoms with van der Waals surface area (Å²) in [5.41, 5.74) is 5.34. The molecule has 0 aromatic heterocycles. The Balaban J connectivity index is 0.00000209. The maximum absolute atomic E-state index is 14.6. The molecular weight excluding hydrogens is 4790 g/mol. The van der Waals surface area contributed by atoms with Gasteiger partial charge in [0.1, 0.15) is 31.2 Å². The van der Waals surface area contributed by atoms with Crippen LogP contribution in [0.2, 0.25) is 0 Å². The number of urea groups is 1. The van der Waals surface area contributed by atoms with Gasteiger partial charge in [0.25, 0.3) is 17.7 Å². The number of ketones is 1. The van der Waals surface area contributed by atoms with E-state index in [2.05, 4.69) is 162 Å². The van der Waals surface area contributed by atoms with Gasteiger partial charge >= 0.3 is 6.03 Å². The summed E-state index contributed by atoms with van der Waals surface area (Å²) in [5.74, 6) is -4.32. The number of carbonyl (C=O) groups is 7. The molecule has 0 aliphatic carbocycles. The van der Waals surface area contributed by atoms with Crippen LogP contribution in [0.15, 0.2) is 0 Å². The van der Waals surface area contributed by atoms with Gasteiger partial charge in [-0.05, 0) is 426 Å². The number of halogens is 18. The topological polar surface area (TPSA) is 673 Å². The summed E-state index contributed by atoms with van der Waals surface area (Å²) in [6.45, 7) is -7.56. The molecule has 0 heterocycles. The summed E-state index contributed by atoms with van der Waals surface area (Å²) in [4.78, 5) is 99.9. The Bertz CT molecular complexity index is 5350. The maximum Gasteiger partial charge on any atom is 0.326 e. The predicted molar refractivity (Wildman–Crippen MR) is 671 cm³/mol. The fourth-order valence-corrected chi connectivity index (χ4v) is 40.7. The number of hydrogen-bond acceptors (Lipinski definition) is 30. The third-order valence-electron chi connectivity index (χ3n) is 19.7. The Morgan fingerprint density at radius 3 is 0.930 bits per heavy atom. The van der Waals surface area contributed by atoms with E-state index in [1.54, 1.807) is 0 Å². The molecule has 790 valence electrons. The summed E-state index contributed by atoms with van der Waals surface area (Å²) in [7, 11) is 0. The number of aliphatic hydroxyl groups is 23. The minimum absolute atomic E-state index is 0. The van der Waals surface area contributed by atoms with E-state index in [1.165, 1.54) is 25.7 Å². The van der Waals surface area contributed by atoms with Crippen LogP contribution < -0.4 is 34.7 Å². The van der Waals surface area contributed by atoms with Crippen molar-refractivity contribution in [1.82, 2.24) is 0 Å². The molecule has 0 aliphatic heterocycles. The molecule has 7 amide bonds. The number of aliphatic hydroxyl groups excluding tert-OH is 23. The second kappa shape index (κ2) is 76.1. The van der Waals surface area contributed by atoms with Crippen molar-refractivity contribution >= 4 is 511 Å². The average Bonchev–Trinajstić information content (AvgIpc) is 0.745. The molecule has 6 rings (SSSR count). The third kappa shape index (κ3) is 38.9. The fraction of sp³-hybridized carbons (Fsp3) is 0.463. The van der Waals surface area contributed by atoms with Gasteiger partial charge in [0, 0.05) is 286 Å². The van der Waals surface area contributed by atoms with Crippen LogP contribution in [0.1, 0.15) is 82.6 Å². The minimum atomic E-state index is -1.50. The zero-order chi connectivity index (χ0) is 106. The van der Waals surface area contributed by atoms with Crippen molar-refractivity contribution in [2.75, 3.05) is 186 Å². The Kier molecular flexibility index (Phi) is 80.8. The van der Waals surface area contributed by atoms with Gasteiger partial charge in [-0.2, -0.15) is 0 Å². The summed E-state index contributed by atoms with van der Waals surface area (Å²) in [5, 5.41) is 252. The van der Waals surface area contributed by atoms with Gasteiger partial charge in [-0.3, -0.25) is 33.7 Å². The van der Waals surface area contributed by atoms with Crippen molar-refractivity contribution in [3.63, 3.8) is 0 Å². The van der Waals surface area contributed by atoms with Crippen LogP contribution in [0.5, 0.6) is 0 Å². The average molecular weight is 4880 g/mol. The maximum atomic E-state index is 14.6. The van der Waals surface area contributed by atoms with Crippen LogP contribution in [0.25, 0.3) is 21.3 Å². The molecule has 63 heteroatoms. The van der Waals surface area contributed by atoms with Gasteiger partial charge in [0.15, 0.2) is 0 Å². The molecule has 4 radical (unpaired) electrons.